The van der Waals surface area contributed by atoms with Crippen LogP contribution in [0.2, 0.25) is 0 Å². The molecule has 8 nitrogen and oxygen atoms in total. The van der Waals surface area contributed by atoms with E-state index in [9.17, 15) is 4.79 Å². The van der Waals surface area contributed by atoms with Gasteiger partial charge in [-0.1, -0.05) is 0 Å². The van der Waals surface area contributed by atoms with E-state index in [-0.39, 0.29) is 12.7 Å². The molecule has 1 atom stereocenters. The molecule has 0 fully saturated rings. The van der Waals surface area contributed by atoms with Crippen LogP contribution in [-0.4, -0.2) is 32.3 Å². The van der Waals surface area contributed by atoms with Gasteiger partial charge >= 0.3 is 0 Å². The highest BCUT2D eigenvalue weighted by Crippen LogP contribution is 2.34. The predicted molar refractivity (Wildman–Crippen MR) is 87.1 cm³/mol. The van der Waals surface area contributed by atoms with E-state index in [2.05, 4.69) is 15.5 Å². The molecule has 0 unspecified atom stereocenters. The Bertz CT molecular complexity index is 908. The van der Waals surface area contributed by atoms with Crippen molar-refractivity contribution < 1.29 is 14.3 Å². The third-order valence-corrected chi connectivity index (χ3v) is 4.12. The lowest BCUT2D eigenvalue weighted by Crippen LogP contribution is -2.24. The molecule has 1 aliphatic heterocycles. The number of aryl methyl sites for hydroxylation is 2. The second-order valence-corrected chi connectivity index (χ2v) is 5.79. The summed E-state index contributed by atoms with van der Waals surface area (Å²) in [5.41, 5.74) is 3.20. The number of carbonyl (C=O) groups excluding carboxylic acids is 1. The van der Waals surface area contributed by atoms with Crippen LogP contribution in [0.3, 0.4) is 0 Å². The lowest BCUT2D eigenvalue weighted by Gasteiger charge is -2.13. The normalized spacial score (nSPS) is 14.1. The van der Waals surface area contributed by atoms with E-state index in [1.807, 2.05) is 20.2 Å². The summed E-state index contributed by atoms with van der Waals surface area (Å²) in [5, 5.41) is 11.7. The Morgan fingerprint density at radius 2 is 2.08 bits per heavy atom. The largest absolute Gasteiger partial charge is 0.454 e. The molecule has 24 heavy (non-hydrogen) atoms. The molecule has 0 aliphatic carbocycles. The van der Waals surface area contributed by atoms with Crippen molar-refractivity contribution in [2.24, 2.45) is 7.05 Å². The lowest BCUT2D eigenvalue weighted by atomic mass is 10.2. The smallest absolute Gasteiger partial charge is 0.248 e. The fourth-order valence-electron chi connectivity index (χ4n) is 2.74. The van der Waals surface area contributed by atoms with Crippen LogP contribution in [0.25, 0.3) is 11.0 Å². The van der Waals surface area contributed by atoms with Gasteiger partial charge in [-0.25, -0.2) is 0 Å². The molecule has 3 heterocycles. The number of carbonyl (C=O) groups is 1. The molecule has 124 valence electrons. The van der Waals surface area contributed by atoms with Gasteiger partial charge in [-0.3, -0.25) is 14.2 Å². The summed E-state index contributed by atoms with van der Waals surface area (Å²) in [6.07, 6.45) is 1.83. The van der Waals surface area contributed by atoms with Crippen LogP contribution in [-0.2, 0) is 11.8 Å². The Morgan fingerprint density at radius 3 is 2.88 bits per heavy atom. The summed E-state index contributed by atoms with van der Waals surface area (Å²) < 4.78 is 14.0. The van der Waals surface area contributed by atoms with Gasteiger partial charge in [0, 0.05) is 18.8 Å². The number of hydrogen-bond acceptors (Lipinski definition) is 5. The van der Waals surface area contributed by atoms with Crippen LogP contribution in [0.5, 0.6) is 11.5 Å². The van der Waals surface area contributed by atoms with Gasteiger partial charge in [0.2, 0.25) is 12.7 Å². The van der Waals surface area contributed by atoms with Gasteiger partial charge in [-0.05, 0) is 26.0 Å². The Hall–Kier alpha value is -3.03. The quantitative estimate of drug-likeness (QED) is 0.795. The van der Waals surface area contributed by atoms with Crippen molar-refractivity contribution in [2.75, 3.05) is 12.1 Å². The highest BCUT2D eigenvalue weighted by molar-refractivity contribution is 5.94. The van der Waals surface area contributed by atoms with Crippen molar-refractivity contribution in [1.82, 2.24) is 19.6 Å². The van der Waals surface area contributed by atoms with Gasteiger partial charge in [0.05, 0.1) is 11.9 Å². The Balaban J connectivity index is 1.55. The van der Waals surface area contributed by atoms with E-state index in [4.69, 9.17) is 9.47 Å². The molecule has 0 saturated heterocycles. The van der Waals surface area contributed by atoms with Crippen molar-refractivity contribution >= 4 is 22.6 Å². The summed E-state index contributed by atoms with van der Waals surface area (Å²) in [5.74, 6) is 1.15. The van der Waals surface area contributed by atoms with Gasteiger partial charge in [-0.15, -0.1) is 0 Å². The Morgan fingerprint density at radius 1 is 1.29 bits per heavy atom. The number of nitrogens with zero attached hydrogens (tertiary/aromatic N) is 4. The highest BCUT2D eigenvalue weighted by atomic mass is 16.7. The Labute approximate surface area is 138 Å². The zero-order valence-corrected chi connectivity index (χ0v) is 13.6. The van der Waals surface area contributed by atoms with Crippen molar-refractivity contribution in [1.29, 1.82) is 0 Å². The maximum atomic E-state index is 12.5. The van der Waals surface area contributed by atoms with Gasteiger partial charge in [0.1, 0.15) is 17.1 Å². The van der Waals surface area contributed by atoms with Crippen LogP contribution in [0.15, 0.2) is 24.4 Å². The molecule has 0 bridgehead atoms. The molecule has 3 aromatic rings. The zero-order chi connectivity index (χ0) is 16.8. The number of aromatic nitrogens is 4. The van der Waals surface area contributed by atoms with E-state index < -0.39 is 6.04 Å². The van der Waals surface area contributed by atoms with E-state index in [0.717, 1.165) is 16.7 Å². The first kappa shape index (κ1) is 14.6. The summed E-state index contributed by atoms with van der Waals surface area (Å²) in [4.78, 5) is 12.5. The van der Waals surface area contributed by atoms with Crippen molar-refractivity contribution in [2.45, 2.75) is 19.9 Å². The van der Waals surface area contributed by atoms with Crippen LogP contribution >= 0.6 is 0 Å². The molecule has 1 N–H and O–H groups in total. The molecule has 0 saturated carbocycles. The standard InChI is InChI=1S/C16H17N5O3/c1-9-15-12(20(3)18-9)7-21(19-15)10(2)16(22)17-11-4-5-13-14(6-11)24-8-23-13/h4-7,10H,8H2,1-3H3,(H,17,22)/t10-/m1/s1. The first-order chi connectivity index (χ1) is 11.5. The highest BCUT2D eigenvalue weighted by Gasteiger charge is 2.20. The minimum Gasteiger partial charge on any atom is -0.454 e. The maximum absolute atomic E-state index is 12.5. The molecule has 1 amide bonds. The summed E-state index contributed by atoms with van der Waals surface area (Å²) in [6.45, 7) is 3.91. The summed E-state index contributed by atoms with van der Waals surface area (Å²) in [7, 11) is 1.86. The average Bonchev–Trinajstić information content (AvgIpc) is 3.24. The van der Waals surface area contributed by atoms with Crippen molar-refractivity contribution in [3.05, 3.63) is 30.1 Å². The molecule has 1 aromatic carbocycles. The third kappa shape index (κ3) is 2.27. The van der Waals surface area contributed by atoms with E-state index in [1.165, 1.54) is 0 Å². The van der Waals surface area contributed by atoms with Gasteiger partial charge in [0.25, 0.3) is 0 Å². The number of hydrogen-bond donors (Lipinski definition) is 1. The van der Waals surface area contributed by atoms with Gasteiger partial charge in [0.15, 0.2) is 11.5 Å². The minimum absolute atomic E-state index is 0.160. The maximum Gasteiger partial charge on any atom is 0.248 e. The van der Waals surface area contributed by atoms with E-state index >= 15 is 0 Å². The summed E-state index contributed by atoms with van der Waals surface area (Å²) >= 11 is 0. The van der Waals surface area contributed by atoms with Crippen LogP contribution in [0.1, 0.15) is 18.7 Å². The lowest BCUT2D eigenvalue weighted by molar-refractivity contribution is -0.119. The molecule has 4 rings (SSSR count). The molecule has 0 radical (unpaired) electrons. The van der Waals surface area contributed by atoms with Gasteiger partial charge in [-0.2, -0.15) is 10.2 Å². The predicted octanol–water partition coefficient (Wildman–Crippen LogP) is 2.01. The SMILES string of the molecule is Cc1nn(C)c2cn([C@H](C)C(=O)Nc3ccc4c(c3)OCO4)nc12. The third-order valence-electron chi connectivity index (χ3n) is 4.12. The number of anilines is 1. The zero-order valence-electron chi connectivity index (χ0n) is 13.6. The first-order valence-electron chi connectivity index (χ1n) is 7.62. The van der Waals surface area contributed by atoms with Crippen LogP contribution in [0.4, 0.5) is 5.69 Å². The number of rotatable bonds is 3. The molecule has 0 spiro atoms. The second-order valence-electron chi connectivity index (χ2n) is 5.79. The number of ether oxygens (including phenoxy) is 2. The van der Waals surface area contributed by atoms with Gasteiger partial charge < -0.3 is 14.8 Å². The average molecular weight is 327 g/mol. The molecular weight excluding hydrogens is 310 g/mol. The minimum atomic E-state index is -0.456. The van der Waals surface area contributed by atoms with Crippen molar-refractivity contribution in [3.8, 4) is 11.5 Å². The fraction of sp³-hybridized carbons (Fsp3) is 0.312. The monoisotopic (exact) mass is 327 g/mol. The van der Waals surface area contributed by atoms with E-state index in [0.29, 0.717) is 17.2 Å². The molecule has 8 heteroatoms. The molecular formula is C16H17N5O3. The summed E-state index contributed by atoms with van der Waals surface area (Å²) in [6, 6.07) is 4.86. The van der Waals surface area contributed by atoms with Crippen LogP contribution in [0, 0.1) is 6.92 Å². The second kappa shape index (κ2) is 5.26. The fourth-order valence-corrected chi connectivity index (χ4v) is 2.74. The number of fused-ring (bicyclic) bond motifs is 2. The first-order valence-corrected chi connectivity index (χ1v) is 7.62. The molecule has 1 aliphatic rings. The number of benzene rings is 1. The van der Waals surface area contributed by atoms with Crippen molar-refractivity contribution in [3.63, 3.8) is 0 Å². The Kier molecular flexibility index (Phi) is 3.19. The van der Waals surface area contributed by atoms with Crippen LogP contribution < -0.4 is 14.8 Å². The molecule has 2 aromatic heterocycles. The topological polar surface area (TPSA) is 83.2 Å². The van der Waals surface area contributed by atoms with E-state index in [1.54, 1.807) is 34.5 Å². The number of amides is 1. The number of nitrogens with one attached hydrogen (secondary N) is 1.